The number of carbonyl (C=O) groups excluding carboxylic acids is 1. The zero-order chi connectivity index (χ0) is 25.9. The maximum Gasteiger partial charge on any atom is 0.328 e. The third-order valence-electron chi connectivity index (χ3n) is 6.17. The summed E-state index contributed by atoms with van der Waals surface area (Å²) in [6.07, 6.45) is 3.80. The van der Waals surface area contributed by atoms with Gasteiger partial charge in [0.05, 0.1) is 15.6 Å². The Bertz CT molecular complexity index is 1610. The molecule has 4 aromatic rings. The van der Waals surface area contributed by atoms with E-state index in [1.165, 1.54) is 30.5 Å². The van der Waals surface area contributed by atoms with Crippen molar-refractivity contribution in [2.24, 2.45) is 0 Å². The molecule has 184 valence electrons. The maximum atomic E-state index is 15.2. The van der Waals surface area contributed by atoms with Crippen molar-refractivity contribution in [3.8, 4) is 11.3 Å². The number of aliphatic carboxylic acids is 1. The summed E-state index contributed by atoms with van der Waals surface area (Å²) >= 11 is 12.0. The number of nitrogens with zero attached hydrogens (tertiary/aromatic N) is 2. The van der Waals surface area contributed by atoms with Crippen molar-refractivity contribution < 1.29 is 28.0 Å². The van der Waals surface area contributed by atoms with E-state index in [1.54, 1.807) is 24.4 Å². The van der Waals surface area contributed by atoms with Gasteiger partial charge in [-0.2, -0.15) is 0 Å². The molecule has 0 saturated heterocycles. The fraction of sp³-hybridized carbons (Fsp3) is 0.192. The zero-order valence-corrected chi connectivity index (χ0v) is 20.5. The molecule has 36 heavy (non-hydrogen) atoms. The summed E-state index contributed by atoms with van der Waals surface area (Å²) in [5.74, 6) is -2.95. The van der Waals surface area contributed by atoms with E-state index in [2.05, 4.69) is 5.16 Å². The fourth-order valence-corrected chi connectivity index (χ4v) is 5.06. The molecule has 5 rings (SSSR count). The van der Waals surface area contributed by atoms with Crippen LogP contribution in [0.4, 0.5) is 8.78 Å². The molecule has 0 saturated carbocycles. The molecule has 6 nitrogen and oxygen atoms in total. The lowest BCUT2D eigenvalue weighted by Crippen LogP contribution is -2.18. The van der Waals surface area contributed by atoms with E-state index >= 15 is 4.39 Å². The minimum absolute atomic E-state index is 0.0227. The highest BCUT2D eigenvalue weighted by Gasteiger charge is 2.37. The summed E-state index contributed by atoms with van der Waals surface area (Å²) in [7, 11) is 0. The van der Waals surface area contributed by atoms with Crippen molar-refractivity contribution in [2.45, 2.75) is 32.4 Å². The average Bonchev–Trinajstić information content (AvgIpc) is 3.42. The number of alkyl halides is 1. The molecule has 2 aromatic carbocycles. The number of hydrogen-bond donors (Lipinski definition) is 1. The van der Waals surface area contributed by atoms with Crippen LogP contribution in [0.25, 0.3) is 27.7 Å². The predicted molar refractivity (Wildman–Crippen MR) is 132 cm³/mol. The van der Waals surface area contributed by atoms with Crippen LogP contribution in [0.3, 0.4) is 0 Å². The summed E-state index contributed by atoms with van der Waals surface area (Å²) in [6, 6.07) is 7.87. The summed E-state index contributed by atoms with van der Waals surface area (Å²) in [4.78, 5) is 25.3. The van der Waals surface area contributed by atoms with Gasteiger partial charge in [0.1, 0.15) is 11.3 Å². The molecule has 0 amide bonds. The molecular formula is C26H18Cl2F2N2O4. The smallest absolute Gasteiger partial charge is 0.328 e. The minimum Gasteiger partial charge on any atom is -0.478 e. The van der Waals surface area contributed by atoms with Crippen LogP contribution in [-0.4, -0.2) is 26.7 Å². The first-order valence-electron chi connectivity index (χ1n) is 10.9. The number of aromatic nitrogens is 2. The van der Waals surface area contributed by atoms with Crippen LogP contribution in [-0.2, 0) is 16.9 Å². The Hall–Kier alpha value is -3.49. The summed E-state index contributed by atoms with van der Waals surface area (Å²) < 4.78 is 36.3. The quantitative estimate of drug-likeness (QED) is 0.225. The Kier molecular flexibility index (Phi) is 5.76. The lowest BCUT2D eigenvalue weighted by Gasteiger charge is -2.15. The summed E-state index contributed by atoms with van der Waals surface area (Å²) in [5, 5.41) is 13.3. The second-order valence-electron chi connectivity index (χ2n) is 8.97. The topological polar surface area (TPSA) is 85.3 Å². The zero-order valence-electron chi connectivity index (χ0n) is 19.0. The van der Waals surface area contributed by atoms with Gasteiger partial charge in [0.2, 0.25) is 0 Å². The fourth-order valence-electron chi connectivity index (χ4n) is 4.60. The molecule has 1 aliphatic rings. The van der Waals surface area contributed by atoms with Crippen molar-refractivity contribution in [1.82, 2.24) is 9.72 Å². The number of carbonyl (C=O) groups is 2. The Morgan fingerprint density at radius 3 is 2.61 bits per heavy atom. The number of carboxylic acid groups (broad SMARTS) is 1. The highest BCUT2D eigenvalue weighted by Crippen LogP contribution is 2.41. The number of hydrogen-bond acceptors (Lipinski definition) is 4. The molecule has 0 unspecified atom stereocenters. The van der Waals surface area contributed by atoms with Gasteiger partial charge in [-0.3, -0.25) is 9.36 Å². The van der Waals surface area contributed by atoms with Gasteiger partial charge >= 0.3 is 5.97 Å². The minimum atomic E-state index is -2.10. The van der Waals surface area contributed by atoms with E-state index in [9.17, 15) is 19.1 Å². The molecule has 10 heteroatoms. The van der Waals surface area contributed by atoms with Gasteiger partial charge in [-0.1, -0.05) is 40.5 Å². The first kappa shape index (κ1) is 24.2. The van der Waals surface area contributed by atoms with Gasteiger partial charge in [0.25, 0.3) is 5.91 Å². The van der Waals surface area contributed by atoms with E-state index in [1.807, 2.05) is 0 Å². The van der Waals surface area contributed by atoms with Crippen LogP contribution < -0.4 is 0 Å². The molecule has 1 aliphatic carbocycles. The number of aryl methyl sites for hydroxylation is 1. The van der Waals surface area contributed by atoms with Crippen LogP contribution in [0.15, 0.2) is 47.1 Å². The Labute approximate surface area is 213 Å². The average molecular weight is 531 g/mol. The van der Waals surface area contributed by atoms with Crippen molar-refractivity contribution in [1.29, 1.82) is 0 Å². The van der Waals surface area contributed by atoms with E-state index in [0.717, 1.165) is 17.0 Å². The summed E-state index contributed by atoms with van der Waals surface area (Å²) in [6.45, 7) is 2.43. The number of halogens is 4. The Balaban J connectivity index is 1.75. The summed E-state index contributed by atoms with van der Waals surface area (Å²) in [5.41, 5.74) is 0.290. The van der Waals surface area contributed by atoms with Crippen molar-refractivity contribution in [2.75, 3.05) is 0 Å². The monoisotopic (exact) mass is 530 g/mol. The molecule has 0 bridgehead atoms. The molecule has 1 N–H and O–H groups in total. The maximum absolute atomic E-state index is 15.2. The normalized spacial score (nSPS) is 14.6. The Morgan fingerprint density at radius 2 is 1.92 bits per heavy atom. The van der Waals surface area contributed by atoms with Gasteiger partial charge in [0, 0.05) is 23.2 Å². The largest absolute Gasteiger partial charge is 0.478 e. The molecule has 0 radical (unpaired) electrons. The van der Waals surface area contributed by atoms with E-state index in [-0.39, 0.29) is 32.6 Å². The van der Waals surface area contributed by atoms with Gasteiger partial charge in [-0.05, 0) is 61.6 Å². The van der Waals surface area contributed by atoms with E-state index < -0.39 is 23.4 Å². The molecule has 2 aromatic heterocycles. The SMILES string of the molecule is CC(C)(F)c1onc(-c2ccc(Cl)c(F)c2Cl)c1C(=O)n1cc2c3c(cccc31)/C(=C/C(=O)O)CC2. The standard InChI is InChI=1S/C26H18Cl2F2N2O4/c1-26(2,30)24-20(23(31-36-24)15-8-9-16(27)22(29)21(15)28)25(35)32-11-13-7-6-12(10-18(33)34)14-4-3-5-17(32)19(13)14/h3-5,8-11H,6-7H2,1-2H3,(H,33,34)/b12-10+. The molecular weight excluding hydrogens is 513 g/mol. The van der Waals surface area contributed by atoms with Gasteiger partial charge in [-0.25, -0.2) is 13.6 Å². The highest BCUT2D eigenvalue weighted by molar-refractivity contribution is 6.36. The predicted octanol–water partition coefficient (Wildman–Crippen LogP) is 7.05. The van der Waals surface area contributed by atoms with Crippen LogP contribution in [0.2, 0.25) is 10.0 Å². The Morgan fingerprint density at radius 1 is 1.17 bits per heavy atom. The van der Waals surface area contributed by atoms with Crippen LogP contribution in [0.1, 0.15) is 47.5 Å². The third kappa shape index (κ3) is 3.81. The third-order valence-corrected chi connectivity index (χ3v) is 6.83. The number of allylic oxidation sites excluding steroid dienone is 1. The highest BCUT2D eigenvalue weighted by atomic mass is 35.5. The molecule has 0 spiro atoms. The first-order valence-corrected chi connectivity index (χ1v) is 11.7. The van der Waals surface area contributed by atoms with Crippen molar-refractivity contribution in [3.05, 3.63) is 80.9 Å². The number of rotatable bonds is 4. The van der Waals surface area contributed by atoms with Crippen molar-refractivity contribution in [3.63, 3.8) is 0 Å². The van der Waals surface area contributed by atoms with Gasteiger partial charge in [0.15, 0.2) is 17.2 Å². The van der Waals surface area contributed by atoms with E-state index in [0.29, 0.717) is 29.5 Å². The first-order chi connectivity index (χ1) is 17.0. The lowest BCUT2D eigenvalue weighted by molar-refractivity contribution is -0.131. The van der Waals surface area contributed by atoms with E-state index in [4.69, 9.17) is 27.7 Å². The van der Waals surface area contributed by atoms with Gasteiger partial charge < -0.3 is 9.63 Å². The molecule has 0 fully saturated rings. The molecule has 0 atom stereocenters. The lowest BCUT2D eigenvalue weighted by atomic mass is 9.88. The van der Waals surface area contributed by atoms with Crippen molar-refractivity contribution >= 4 is 51.6 Å². The molecule has 2 heterocycles. The molecule has 0 aliphatic heterocycles. The second-order valence-corrected chi connectivity index (χ2v) is 9.75. The number of benzene rings is 2. The number of carboxylic acids is 1. The van der Waals surface area contributed by atoms with Gasteiger partial charge in [-0.15, -0.1) is 0 Å². The van der Waals surface area contributed by atoms with Crippen LogP contribution in [0, 0.1) is 5.82 Å². The van der Waals surface area contributed by atoms with Crippen LogP contribution in [0.5, 0.6) is 0 Å². The second kappa shape index (κ2) is 8.57. The van der Waals surface area contributed by atoms with Crippen LogP contribution >= 0.6 is 23.2 Å².